The van der Waals surface area contributed by atoms with Gasteiger partial charge in [0, 0.05) is 17.6 Å². The van der Waals surface area contributed by atoms with E-state index in [9.17, 15) is 9.90 Å². The molecule has 0 bridgehead atoms. The highest BCUT2D eigenvalue weighted by molar-refractivity contribution is 9.10. The average Bonchev–Trinajstić information content (AvgIpc) is 2.40. The fraction of sp³-hybridized carbons (Fsp3) is 0.647. The van der Waals surface area contributed by atoms with Gasteiger partial charge in [-0.15, -0.1) is 0 Å². The van der Waals surface area contributed by atoms with Crippen molar-refractivity contribution in [2.45, 2.75) is 51.4 Å². The van der Waals surface area contributed by atoms with E-state index in [-0.39, 0.29) is 11.6 Å². The molecule has 0 aromatic heterocycles. The molecule has 0 aliphatic carbocycles. The van der Waals surface area contributed by atoms with Crippen molar-refractivity contribution in [3.8, 4) is 0 Å². The van der Waals surface area contributed by atoms with E-state index < -0.39 is 8.32 Å². The molecule has 0 aliphatic rings. The molecule has 1 aromatic carbocycles. The first-order valence-electron chi connectivity index (χ1n) is 7.96. The van der Waals surface area contributed by atoms with Crippen LogP contribution < -0.4 is 0 Å². The molecule has 22 heavy (non-hydrogen) atoms. The number of hydrogen-bond acceptors (Lipinski definition) is 3. The fourth-order valence-corrected chi connectivity index (χ4v) is 3.53. The minimum Gasteiger partial charge on any atom is -0.432 e. The van der Waals surface area contributed by atoms with Crippen LogP contribution in [0.2, 0.25) is 18.1 Å². The molecular weight excluding hydrogens is 358 g/mol. The van der Waals surface area contributed by atoms with Gasteiger partial charge in [0.1, 0.15) is 0 Å². The lowest BCUT2D eigenvalue weighted by Crippen LogP contribution is -2.39. The van der Waals surface area contributed by atoms with E-state index in [2.05, 4.69) is 46.8 Å². The summed E-state index contributed by atoms with van der Waals surface area (Å²) in [6, 6.07) is 8.22. The zero-order chi connectivity index (χ0) is 16.8. The third-order valence-corrected chi connectivity index (χ3v) is 9.04. The van der Waals surface area contributed by atoms with Gasteiger partial charge < -0.3 is 9.90 Å². The Labute approximate surface area is 144 Å². The summed E-state index contributed by atoms with van der Waals surface area (Å²) in [5.41, 5.74) is 1.24. The van der Waals surface area contributed by atoms with Crippen LogP contribution in [0.1, 0.15) is 32.3 Å². The predicted octanol–water partition coefficient (Wildman–Crippen LogP) is 4.00. The summed E-state index contributed by atoms with van der Waals surface area (Å²) in [6.07, 6.45) is 2.05. The van der Waals surface area contributed by atoms with Gasteiger partial charge in [-0.3, -0.25) is 4.90 Å². The van der Waals surface area contributed by atoms with Gasteiger partial charge in [0.25, 0.3) is 0 Å². The van der Waals surface area contributed by atoms with Gasteiger partial charge in [-0.25, -0.2) is 0 Å². The molecule has 0 spiro atoms. The van der Waals surface area contributed by atoms with Crippen molar-refractivity contribution in [2.24, 2.45) is 0 Å². The maximum Gasteiger partial charge on any atom is 0.188 e. The number of hydrogen-bond donors (Lipinski definition) is 2. The molecule has 0 atom stereocenters. The second-order valence-corrected chi connectivity index (χ2v) is 12.5. The Morgan fingerprint density at radius 2 is 1.82 bits per heavy atom. The van der Waals surface area contributed by atoms with E-state index in [1.807, 2.05) is 25.2 Å². The molecule has 1 aromatic rings. The number of halogens is 1. The third kappa shape index (κ3) is 6.12. The van der Waals surface area contributed by atoms with E-state index in [1.165, 1.54) is 5.56 Å². The fourth-order valence-electron chi connectivity index (χ4n) is 2.33. The van der Waals surface area contributed by atoms with Crippen molar-refractivity contribution in [2.75, 3.05) is 19.7 Å². The lowest BCUT2D eigenvalue weighted by molar-refractivity contribution is 0.185. The molecule has 0 unspecified atom stereocenters. The largest absolute Gasteiger partial charge is 0.432 e. The minimum absolute atomic E-state index is 0.0191. The number of aliphatic hydroxyl groups excluding tert-OH is 1. The number of nitrogens with zero attached hydrogens (tertiary/aromatic N) is 1. The first-order valence-corrected chi connectivity index (χ1v) is 11.7. The lowest BCUT2D eigenvalue weighted by Gasteiger charge is -2.35. The predicted molar refractivity (Wildman–Crippen MR) is 99.5 cm³/mol. The molecule has 3 nitrogen and oxygen atoms in total. The van der Waals surface area contributed by atoms with Gasteiger partial charge in [0.15, 0.2) is 8.32 Å². The Hall–Kier alpha value is -0.203. The smallest absolute Gasteiger partial charge is 0.188 e. The Bertz CT molecular complexity index is 460. The van der Waals surface area contributed by atoms with Crippen LogP contribution in [0.15, 0.2) is 28.7 Å². The molecule has 0 heterocycles. The van der Waals surface area contributed by atoms with Crippen molar-refractivity contribution >= 4 is 24.2 Å². The average molecular weight is 388 g/mol. The SMILES string of the molecule is CC(C)(CCCN(CCO)Cc1ccccc1Br)[Si](C)(C)O. The van der Waals surface area contributed by atoms with E-state index in [0.29, 0.717) is 6.54 Å². The maximum atomic E-state index is 10.4. The van der Waals surface area contributed by atoms with E-state index in [0.717, 1.165) is 30.4 Å². The van der Waals surface area contributed by atoms with Gasteiger partial charge >= 0.3 is 0 Å². The summed E-state index contributed by atoms with van der Waals surface area (Å²) in [7, 11) is -2.13. The molecule has 0 radical (unpaired) electrons. The van der Waals surface area contributed by atoms with Crippen LogP contribution in [0.3, 0.4) is 0 Å². The zero-order valence-electron chi connectivity index (χ0n) is 14.3. The first-order chi connectivity index (χ1) is 10.2. The summed E-state index contributed by atoms with van der Waals surface area (Å²) < 4.78 is 1.11. The minimum atomic E-state index is -2.13. The van der Waals surface area contributed by atoms with Crippen molar-refractivity contribution in [1.82, 2.24) is 4.90 Å². The zero-order valence-corrected chi connectivity index (χ0v) is 16.9. The normalized spacial score (nSPS) is 12.9. The highest BCUT2D eigenvalue weighted by Gasteiger charge is 2.37. The Kier molecular flexibility index (Phi) is 7.75. The lowest BCUT2D eigenvalue weighted by atomic mass is 10.1. The quantitative estimate of drug-likeness (QED) is 0.629. The van der Waals surface area contributed by atoms with Crippen molar-refractivity contribution in [3.63, 3.8) is 0 Å². The summed E-state index contributed by atoms with van der Waals surface area (Å²) in [5, 5.41) is 9.30. The van der Waals surface area contributed by atoms with Crippen LogP contribution in [0.4, 0.5) is 0 Å². The molecule has 5 heteroatoms. The number of rotatable bonds is 9. The number of benzene rings is 1. The van der Waals surface area contributed by atoms with Gasteiger partial charge in [0.05, 0.1) is 6.61 Å². The molecule has 0 fully saturated rings. The molecule has 0 amide bonds. The highest BCUT2D eigenvalue weighted by atomic mass is 79.9. The Morgan fingerprint density at radius 1 is 1.18 bits per heavy atom. The summed E-state index contributed by atoms with van der Waals surface area (Å²) in [4.78, 5) is 12.6. The second kappa shape index (κ2) is 8.59. The van der Waals surface area contributed by atoms with Gasteiger partial charge in [-0.05, 0) is 49.1 Å². The van der Waals surface area contributed by atoms with Crippen LogP contribution in [0.5, 0.6) is 0 Å². The molecule has 0 saturated heterocycles. The summed E-state index contributed by atoms with van der Waals surface area (Å²) in [5.74, 6) is 0. The van der Waals surface area contributed by atoms with E-state index >= 15 is 0 Å². The Balaban J connectivity index is 2.57. The molecular formula is C17H30BrNO2Si. The van der Waals surface area contributed by atoms with Crippen molar-refractivity contribution in [1.29, 1.82) is 0 Å². The van der Waals surface area contributed by atoms with Crippen molar-refractivity contribution < 1.29 is 9.90 Å². The molecule has 126 valence electrons. The van der Waals surface area contributed by atoms with Crippen LogP contribution in [0, 0.1) is 0 Å². The molecule has 2 N–H and O–H groups in total. The third-order valence-electron chi connectivity index (χ3n) is 4.70. The molecule has 1 rings (SSSR count). The summed E-state index contributed by atoms with van der Waals surface area (Å²) in [6.45, 7) is 11.0. The number of aliphatic hydroxyl groups is 1. The van der Waals surface area contributed by atoms with Crippen LogP contribution >= 0.6 is 15.9 Å². The maximum absolute atomic E-state index is 10.4. The standard InChI is InChI=1S/C17H30BrNO2Si/c1-17(2,22(3,4)21)10-7-11-19(12-13-20)14-15-8-5-6-9-16(15)18/h5-6,8-9,20-21H,7,10-14H2,1-4H3. The van der Waals surface area contributed by atoms with E-state index in [4.69, 9.17) is 0 Å². The topological polar surface area (TPSA) is 43.7 Å². The Morgan fingerprint density at radius 3 is 2.36 bits per heavy atom. The summed E-state index contributed by atoms with van der Waals surface area (Å²) >= 11 is 3.59. The first kappa shape index (κ1) is 19.8. The van der Waals surface area contributed by atoms with Crippen LogP contribution in [-0.2, 0) is 6.54 Å². The van der Waals surface area contributed by atoms with Crippen molar-refractivity contribution in [3.05, 3.63) is 34.3 Å². The van der Waals surface area contributed by atoms with Gasteiger partial charge in [0.2, 0.25) is 0 Å². The van der Waals surface area contributed by atoms with Gasteiger partial charge in [-0.1, -0.05) is 48.0 Å². The van der Waals surface area contributed by atoms with Gasteiger partial charge in [-0.2, -0.15) is 0 Å². The van der Waals surface area contributed by atoms with Crippen LogP contribution in [-0.4, -0.2) is 42.8 Å². The second-order valence-electron chi connectivity index (χ2n) is 7.14. The van der Waals surface area contributed by atoms with Crippen LogP contribution in [0.25, 0.3) is 0 Å². The highest BCUT2D eigenvalue weighted by Crippen LogP contribution is 2.39. The van der Waals surface area contributed by atoms with E-state index in [1.54, 1.807) is 0 Å². The monoisotopic (exact) mass is 387 g/mol. The molecule has 0 saturated carbocycles. The molecule has 0 aliphatic heterocycles.